The number of nitrogens with one attached hydrogen (secondary N) is 1. The van der Waals surface area contributed by atoms with Crippen molar-refractivity contribution in [2.45, 2.75) is 37.0 Å². The first-order valence-electron chi connectivity index (χ1n) is 14.4. The average molecular weight is 627 g/mol. The van der Waals surface area contributed by atoms with Gasteiger partial charge in [-0.15, -0.1) is 12.4 Å². The molecule has 44 heavy (non-hydrogen) atoms. The van der Waals surface area contributed by atoms with Gasteiger partial charge in [0.15, 0.2) is 11.5 Å². The number of hydrogen-bond donors (Lipinski definition) is 1. The first-order valence-corrected chi connectivity index (χ1v) is 16.1. The molecule has 0 bridgehead atoms. The maximum Gasteiger partial charge on any atom is 0.236 e. The molecule has 1 aromatic heterocycles. The van der Waals surface area contributed by atoms with Crippen molar-refractivity contribution >= 4 is 28.1 Å². The molecule has 1 N–H and O–H groups in total. The molecule has 0 saturated carbocycles. The molecule has 6 nitrogen and oxygen atoms in total. The molecule has 0 amide bonds. The summed E-state index contributed by atoms with van der Waals surface area (Å²) < 4.78 is 40.6. The van der Waals surface area contributed by atoms with Gasteiger partial charge in [0.25, 0.3) is 0 Å². The molecule has 5 aromatic rings. The van der Waals surface area contributed by atoms with Crippen LogP contribution in [-0.4, -0.2) is 26.6 Å². The van der Waals surface area contributed by atoms with Gasteiger partial charge in [-0.2, -0.15) is 0 Å². The summed E-state index contributed by atoms with van der Waals surface area (Å²) in [4.78, 5) is 4.18. The van der Waals surface area contributed by atoms with Crippen LogP contribution in [0.15, 0.2) is 122 Å². The molecule has 0 saturated heterocycles. The Labute approximate surface area is 265 Å². The van der Waals surface area contributed by atoms with Crippen molar-refractivity contribution in [2.24, 2.45) is 0 Å². The van der Waals surface area contributed by atoms with Crippen molar-refractivity contribution < 1.29 is 17.9 Å². The van der Waals surface area contributed by atoms with Gasteiger partial charge in [0, 0.05) is 36.8 Å². The van der Waals surface area contributed by atoms with Crippen LogP contribution in [0.4, 0.5) is 5.69 Å². The molecule has 0 aliphatic heterocycles. The predicted molar refractivity (Wildman–Crippen MR) is 177 cm³/mol. The second kappa shape index (κ2) is 14.0. The number of fused-ring (bicyclic) bond motifs is 1. The summed E-state index contributed by atoms with van der Waals surface area (Å²) in [6.45, 7) is 0. The zero-order valence-corrected chi connectivity index (χ0v) is 26.1. The number of benzene rings is 4. The average Bonchev–Trinajstić information content (AvgIpc) is 3.43. The first kappa shape index (κ1) is 31.1. The van der Waals surface area contributed by atoms with Gasteiger partial charge in [0.05, 0.1) is 12.9 Å². The molecule has 0 spiro atoms. The van der Waals surface area contributed by atoms with E-state index in [2.05, 4.69) is 46.1 Å². The van der Waals surface area contributed by atoms with Gasteiger partial charge in [-0.25, -0.2) is 8.42 Å². The van der Waals surface area contributed by atoms with Crippen molar-refractivity contribution in [1.82, 2.24) is 4.98 Å². The van der Waals surface area contributed by atoms with E-state index in [-0.39, 0.29) is 30.2 Å². The highest BCUT2D eigenvalue weighted by Crippen LogP contribution is 2.37. The van der Waals surface area contributed by atoms with Gasteiger partial charge in [0.1, 0.15) is 6.10 Å². The van der Waals surface area contributed by atoms with Crippen LogP contribution in [0.3, 0.4) is 0 Å². The Bertz CT molecular complexity index is 1760. The molecule has 4 aromatic carbocycles. The third kappa shape index (κ3) is 7.59. The molecule has 6 rings (SSSR count). The van der Waals surface area contributed by atoms with Crippen molar-refractivity contribution in [3.8, 4) is 11.5 Å². The molecule has 226 valence electrons. The zero-order chi connectivity index (χ0) is 29.6. The minimum Gasteiger partial charge on any atom is -0.493 e. The zero-order valence-electron chi connectivity index (χ0n) is 24.4. The number of aromatic nitrogens is 1. The fourth-order valence-electron chi connectivity index (χ4n) is 5.76. The molecular weight excluding hydrogens is 592 g/mol. The van der Waals surface area contributed by atoms with Gasteiger partial charge in [-0.1, -0.05) is 72.8 Å². The second-order valence-electron chi connectivity index (χ2n) is 10.9. The number of rotatable bonds is 11. The topological polar surface area (TPSA) is 77.5 Å². The van der Waals surface area contributed by atoms with Crippen LogP contribution >= 0.6 is 12.4 Å². The van der Waals surface area contributed by atoms with Gasteiger partial charge in [-0.3, -0.25) is 9.71 Å². The predicted octanol–water partition coefficient (Wildman–Crippen LogP) is 7.37. The minimum atomic E-state index is -3.55. The van der Waals surface area contributed by atoms with Crippen molar-refractivity contribution in [1.29, 1.82) is 0 Å². The van der Waals surface area contributed by atoms with E-state index in [1.54, 1.807) is 19.5 Å². The number of sulfonamides is 1. The number of anilines is 1. The standard InChI is InChI=1S/C36H34N2O4S.ClH/c1-41-35-16-13-31(24-36(35)42-33-22-29-9-5-6-10-30(29)23-33)34(21-26-17-19-37-20-18-26)28-11-14-32(15-12-28)38-43(39,40)25-27-7-3-2-4-8-27;/h2-20,24,33-34,38H,21-23,25H2,1H3;1H/t34-;/m1./s1. The highest BCUT2D eigenvalue weighted by Gasteiger charge is 2.25. The van der Waals surface area contributed by atoms with Crippen LogP contribution < -0.4 is 14.2 Å². The van der Waals surface area contributed by atoms with Gasteiger partial charge in [0.2, 0.25) is 10.0 Å². The summed E-state index contributed by atoms with van der Waals surface area (Å²) in [7, 11) is -1.89. The maximum atomic E-state index is 12.8. The molecular formula is C36H35ClN2O4S. The number of nitrogens with zero attached hydrogens (tertiary/aromatic N) is 1. The van der Waals surface area contributed by atoms with E-state index in [0.29, 0.717) is 11.4 Å². The van der Waals surface area contributed by atoms with Crippen LogP contribution in [0.1, 0.15) is 39.3 Å². The molecule has 0 unspecified atom stereocenters. The van der Waals surface area contributed by atoms with Gasteiger partial charge in [-0.05, 0) is 76.2 Å². The smallest absolute Gasteiger partial charge is 0.236 e. The molecule has 0 radical (unpaired) electrons. The van der Waals surface area contributed by atoms with E-state index in [4.69, 9.17) is 9.47 Å². The van der Waals surface area contributed by atoms with Crippen molar-refractivity contribution in [2.75, 3.05) is 11.8 Å². The van der Waals surface area contributed by atoms with Crippen LogP contribution in [0.25, 0.3) is 0 Å². The number of hydrogen-bond acceptors (Lipinski definition) is 5. The van der Waals surface area contributed by atoms with Crippen LogP contribution in [0.5, 0.6) is 11.5 Å². The highest BCUT2D eigenvalue weighted by molar-refractivity contribution is 7.91. The summed E-state index contributed by atoms with van der Waals surface area (Å²) in [6, 6.07) is 35.5. The highest BCUT2D eigenvalue weighted by atomic mass is 35.5. The number of halogens is 1. The summed E-state index contributed by atoms with van der Waals surface area (Å²) in [6.07, 6.45) is 6.12. The van der Waals surface area contributed by atoms with E-state index >= 15 is 0 Å². The van der Waals surface area contributed by atoms with Crippen LogP contribution in [-0.2, 0) is 35.0 Å². The van der Waals surface area contributed by atoms with Crippen LogP contribution in [0, 0.1) is 0 Å². The van der Waals surface area contributed by atoms with Gasteiger partial charge >= 0.3 is 0 Å². The van der Waals surface area contributed by atoms with Crippen molar-refractivity contribution in [3.63, 3.8) is 0 Å². The Kier molecular flexibility index (Phi) is 9.88. The number of pyridine rings is 1. The quantitative estimate of drug-likeness (QED) is 0.166. The first-order chi connectivity index (χ1) is 21.0. The summed E-state index contributed by atoms with van der Waals surface area (Å²) in [5, 5.41) is 0. The molecule has 1 atom stereocenters. The number of ether oxygens (including phenoxy) is 2. The molecule has 8 heteroatoms. The second-order valence-corrected chi connectivity index (χ2v) is 12.6. The SMILES string of the molecule is COc1ccc([C@H](Cc2ccncc2)c2ccc(NS(=O)(=O)Cc3ccccc3)cc2)cc1OC1Cc2ccccc2C1.Cl. The molecule has 1 aliphatic rings. The third-order valence-electron chi connectivity index (χ3n) is 7.87. The Morgan fingerprint density at radius 3 is 2.07 bits per heavy atom. The fraction of sp³-hybridized carbons (Fsp3) is 0.194. The lowest BCUT2D eigenvalue weighted by Crippen LogP contribution is -2.17. The van der Waals surface area contributed by atoms with E-state index in [1.165, 1.54) is 11.1 Å². The molecule has 1 aliphatic carbocycles. The van der Waals surface area contributed by atoms with E-state index < -0.39 is 10.0 Å². The van der Waals surface area contributed by atoms with Gasteiger partial charge < -0.3 is 9.47 Å². The Morgan fingerprint density at radius 2 is 1.41 bits per heavy atom. The normalized spacial score (nSPS) is 13.4. The summed E-state index contributed by atoms with van der Waals surface area (Å²) in [5.41, 5.74) is 7.23. The third-order valence-corrected chi connectivity index (χ3v) is 9.13. The lowest BCUT2D eigenvalue weighted by molar-refractivity contribution is 0.204. The number of methoxy groups -OCH3 is 1. The summed E-state index contributed by atoms with van der Waals surface area (Å²) in [5.74, 6) is 1.33. The maximum absolute atomic E-state index is 12.8. The summed E-state index contributed by atoms with van der Waals surface area (Å²) >= 11 is 0. The Balaban J connectivity index is 0.00000384. The fourth-order valence-corrected chi connectivity index (χ4v) is 6.96. The van der Waals surface area contributed by atoms with E-state index in [0.717, 1.165) is 47.3 Å². The van der Waals surface area contributed by atoms with Crippen molar-refractivity contribution in [3.05, 3.63) is 155 Å². The largest absolute Gasteiger partial charge is 0.493 e. The molecule has 0 fully saturated rings. The van der Waals surface area contributed by atoms with E-state index in [1.807, 2.05) is 72.8 Å². The minimum absolute atomic E-state index is 0. The van der Waals surface area contributed by atoms with E-state index in [9.17, 15) is 8.42 Å². The molecule has 1 heterocycles. The van der Waals surface area contributed by atoms with Crippen LogP contribution in [0.2, 0.25) is 0 Å². The lowest BCUT2D eigenvalue weighted by atomic mass is 9.86. The monoisotopic (exact) mass is 626 g/mol. The lowest BCUT2D eigenvalue weighted by Gasteiger charge is -2.22. The Morgan fingerprint density at radius 1 is 0.773 bits per heavy atom. The Hall–Kier alpha value is -4.33.